The Morgan fingerprint density at radius 2 is 1.72 bits per heavy atom. The Morgan fingerprint density at radius 1 is 1.00 bits per heavy atom. The van der Waals surface area contributed by atoms with Gasteiger partial charge in [0.15, 0.2) is 0 Å². The van der Waals surface area contributed by atoms with Crippen LogP contribution in [0.4, 0.5) is 18.9 Å². The number of carbonyl (C=O) groups excluding carboxylic acids is 1. The summed E-state index contributed by atoms with van der Waals surface area (Å²) in [5.41, 5.74) is 3.60. The fourth-order valence-electron chi connectivity index (χ4n) is 3.93. The molecular formula is C22H22F3N3O. The Kier molecular flexibility index (Phi) is 4.76. The molecule has 1 saturated heterocycles. The van der Waals surface area contributed by atoms with E-state index >= 15 is 0 Å². The lowest BCUT2D eigenvalue weighted by Crippen LogP contribution is -2.48. The van der Waals surface area contributed by atoms with Crippen molar-refractivity contribution in [1.82, 2.24) is 9.88 Å². The summed E-state index contributed by atoms with van der Waals surface area (Å²) in [4.78, 5) is 19.8. The third-order valence-corrected chi connectivity index (χ3v) is 5.43. The number of carbonyl (C=O) groups is 1. The molecule has 0 aliphatic carbocycles. The number of aromatic amines is 1. The lowest BCUT2D eigenvalue weighted by molar-refractivity contribution is -0.137. The molecule has 1 aliphatic heterocycles. The molecule has 0 radical (unpaired) electrons. The van der Waals surface area contributed by atoms with Gasteiger partial charge in [-0.05, 0) is 55.3 Å². The normalized spacial score (nSPS) is 15.2. The zero-order chi connectivity index (χ0) is 20.8. The average Bonchev–Trinajstić information content (AvgIpc) is 3.11. The molecule has 3 aromatic rings. The van der Waals surface area contributed by atoms with Gasteiger partial charge >= 0.3 is 6.18 Å². The minimum absolute atomic E-state index is 0.0815. The SMILES string of the molecule is Cc1cc(C)c2cc(C(=O)N3CCN(c4cccc(C(F)(F)F)c4)CC3)[nH]c2c1. The number of alkyl halides is 3. The minimum atomic E-state index is -4.36. The quantitative estimate of drug-likeness (QED) is 0.672. The lowest BCUT2D eigenvalue weighted by atomic mass is 10.1. The molecule has 4 nitrogen and oxygen atoms in total. The van der Waals surface area contributed by atoms with Crippen LogP contribution in [-0.2, 0) is 6.18 Å². The first-order chi connectivity index (χ1) is 13.7. The van der Waals surface area contributed by atoms with Crippen molar-refractivity contribution in [3.8, 4) is 0 Å². The zero-order valence-corrected chi connectivity index (χ0v) is 16.3. The second kappa shape index (κ2) is 7.13. The fraction of sp³-hybridized carbons (Fsp3) is 0.318. The van der Waals surface area contributed by atoms with Crippen LogP contribution in [-0.4, -0.2) is 42.0 Å². The summed E-state index contributed by atoms with van der Waals surface area (Å²) in [6, 6.07) is 11.3. The van der Waals surface area contributed by atoms with E-state index in [9.17, 15) is 18.0 Å². The first-order valence-corrected chi connectivity index (χ1v) is 9.54. The predicted molar refractivity (Wildman–Crippen MR) is 107 cm³/mol. The maximum absolute atomic E-state index is 13.0. The highest BCUT2D eigenvalue weighted by molar-refractivity contribution is 5.99. The van der Waals surface area contributed by atoms with Crippen molar-refractivity contribution in [2.24, 2.45) is 0 Å². The monoisotopic (exact) mass is 401 g/mol. The Labute approximate surface area is 166 Å². The Bertz CT molecular complexity index is 1060. The van der Waals surface area contributed by atoms with Crippen LogP contribution in [0.15, 0.2) is 42.5 Å². The maximum atomic E-state index is 13.0. The van der Waals surface area contributed by atoms with Crippen LogP contribution in [0.1, 0.15) is 27.2 Å². The lowest BCUT2D eigenvalue weighted by Gasteiger charge is -2.36. The Morgan fingerprint density at radius 3 is 2.41 bits per heavy atom. The van der Waals surface area contributed by atoms with Crippen LogP contribution in [0.2, 0.25) is 0 Å². The van der Waals surface area contributed by atoms with Gasteiger partial charge in [0.25, 0.3) is 5.91 Å². The molecule has 0 saturated carbocycles. The van der Waals surface area contributed by atoms with E-state index in [1.54, 1.807) is 11.0 Å². The summed E-state index contributed by atoms with van der Waals surface area (Å²) >= 11 is 0. The van der Waals surface area contributed by atoms with Gasteiger partial charge in [-0.15, -0.1) is 0 Å². The zero-order valence-electron chi connectivity index (χ0n) is 16.3. The van der Waals surface area contributed by atoms with Crippen molar-refractivity contribution >= 4 is 22.5 Å². The van der Waals surface area contributed by atoms with Gasteiger partial charge in [0.1, 0.15) is 5.69 Å². The minimum Gasteiger partial charge on any atom is -0.368 e. The van der Waals surface area contributed by atoms with Crippen molar-refractivity contribution in [3.05, 3.63) is 64.8 Å². The van der Waals surface area contributed by atoms with Gasteiger partial charge in [0, 0.05) is 42.8 Å². The number of benzene rings is 2. The summed E-state index contributed by atoms with van der Waals surface area (Å²) in [6.45, 7) is 5.94. The number of hydrogen-bond acceptors (Lipinski definition) is 2. The summed E-state index contributed by atoms with van der Waals surface area (Å²) in [5, 5.41) is 1.03. The van der Waals surface area contributed by atoms with Gasteiger partial charge in [-0.25, -0.2) is 0 Å². The van der Waals surface area contributed by atoms with Crippen LogP contribution in [0.3, 0.4) is 0 Å². The molecule has 1 aliphatic rings. The number of aromatic nitrogens is 1. The molecule has 4 rings (SSSR count). The van der Waals surface area contributed by atoms with Gasteiger partial charge in [-0.3, -0.25) is 4.79 Å². The van der Waals surface area contributed by atoms with Crippen LogP contribution in [0, 0.1) is 13.8 Å². The molecule has 0 atom stereocenters. The molecule has 7 heteroatoms. The van der Waals surface area contributed by atoms with Gasteiger partial charge in [0.2, 0.25) is 0 Å². The van der Waals surface area contributed by atoms with E-state index in [-0.39, 0.29) is 5.91 Å². The van der Waals surface area contributed by atoms with Crippen molar-refractivity contribution < 1.29 is 18.0 Å². The molecule has 152 valence electrons. The number of anilines is 1. The Hall–Kier alpha value is -2.96. The predicted octanol–water partition coefficient (Wildman–Crippen LogP) is 4.77. The van der Waals surface area contributed by atoms with Crippen molar-refractivity contribution in [1.29, 1.82) is 0 Å². The summed E-state index contributed by atoms with van der Waals surface area (Å²) in [6.07, 6.45) is -4.36. The standard InChI is InChI=1S/C22H22F3N3O/c1-14-10-15(2)18-13-20(26-19(18)11-14)21(29)28-8-6-27(7-9-28)17-5-3-4-16(12-17)22(23,24)25/h3-5,10-13,26H,6-9H2,1-2H3. The first-order valence-electron chi connectivity index (χ1n) is 9.54. The number of H-pyrrole nitrogens is 1. The second-order valence-electron chi connectivity index (χ2n) is 7.55. The number of amides is 1. The largest absolute Gasteiger partial charge is 0.416 e. The van der Waals surface area contributed by atoms with E-state index in [1.807, 2.05) is 30.9 Å². The molecule has 0 spiro atoms. The number of piperazine rings is 1. The van der Waals surface area contributed by atoms with E-state index in [0.29, 0.717) is 37.6 Å². The molecule has 2 heterocycles. The van der Waals surface area contributed by atoms with Crippen LogP contribution < -0.4 is 4.90 Å². The van der Waals surface area contributed by atoms with E-state index < -0.39 is 11.7 Å². The summed E-state index contributed by atoms with van der Waals surface area (Å²) in [5.74, 6) is -0.0815. The Balaban J connectivity index is 1.47. The second-order valence-corrected chi connectivity index (χ2v) is 7.55. The van der Waals surface area contributed by atoms with E-state index in [0.717, 1.165) is 28.1 Å². The van der Waals surface area contributed by atoms with Crippen molar-refractivity contribution in [2.75, 3.05) is 31.1 Å². The molecule has 0 bridgehead atoms. The summed E-state index contributed by atoms with van der Waals surface area (Å²) < 4.78 is 38.9. The number of halogens is 3. The molecule has 1 amide bonds. The van der Waals surface area contributed by atoms with Gasteiger partial charge in [-0.1, -0.05) is 12.1 Å². The third kappa shape index (κ3) is 3.81. The number of rotatable bonds is 2. The summed E-state index contributed by atoms with van der Waals surface area (Å²) in [7, 11) is 0. The van der Waals surface area contributed by atoms with Crippen molar-refractivity contribution in [3.63, 3.8) is 0 Å². The van der Waals surface area contributed by atoms with Gasteiger partial charge in [0.05, 0.1) is 5.56 Å². The molecule has 2 aromatic carbocycles. The average molecular weight is 401 g/mol. The highest BCUT2D eigenvalue weighted by Gasteiger charge is 2.31. The highest BCUT2D eigenvalue weighted by Crippen LogP contribution is 2.32. The molecule has 1 fully saturated rings. The van der Waals surface area contributed by atoms with Gasteiger partial charge in [-0.2, -0.15) is 13.2 Å². The smallest absolute Gasteiger partial charge is 0.368 e. The van der Waals surface area contributed by atoms with E-state index in [4.69, 9.17) is 0 Å². The van der Waals surface area contributed by atoms with Crippen LogP contribution >= 0.6 is 0 Å². The first kappa shape index (κ1) is 19.4. The van der Waals surface area contributed by atoms with Crippen LogP contribution in [0.25, 0.3) is 10.9 Å². The number of nitrogens with zero attached hydrogens (tertiary/aromatic N) is 2. The molecule has 0 unspecified atom stereocenters. The molecular weight excluding hydrogens is 379 g/mol. The van der Waals surface area contributed by atoms with E-state index in [1.165, 1.54) is 12.1 Å². The molecule has 1 aromatic heterocycles. The molecule has 1 N–H and O–H groups in total. The number of fused-ring (bicyclic) bond motifs is 1. The fourth-order valence-corrected chi connectivity index (χ4v) is 3.93. The third-order valence-electron chi connectivity index (χ3n) is 5.43. The maximum Gasteiger partial charge on any atom is 0.416 e. The molecule has 29 heavy (non-hydrogen) atoms. The number of aryl methyl sites for hydroxylation is 2. The highest BCUT2D eigenvalue weighted by atomic mass is 19.4. The number of hydrogen-bond donors (Lipinski definition) is 1. The topological polar surface area (TPSA) is 39.3 Å². The van der Waals surface area contributed by atoms with Gasteiger partial charge < -0.3 is 14.8 Å². The van der Waals surface area contributed by atoms with Crippen molar-refractivity contribution in [2.45, 2.75) is 20.0 Å². The van der Waals surface area contributed by atoms with Crippen LogP contribution in [0.5, 0.6) is 0 Å². The number of nitrogens with one attached hydrogen (secondary N) is 1. The van der Waals surface area contributed by atoms with E-state index in [2.05, 4.69) is 11.1 Å².